The summed E-state index contributed by atoms with van der Waals surface area (Å²) in [7, 11) is 0. The molecular formula is C24H23N5O3. The van der Waals surface area contributed by atoms with E-state index in [1.807, 2.05) is 49.4 Å². The number of carbonyl (C=O) groups is 1. The minimum Gasteiger partial charge on any atom is -0.492 e. The first-order chi connectivity index (χ1) is 15.7. The molecule has 8 heteroatoms. The summed E-state index contributed by atoms with van der Waals surface area (Å²) in [6, 6.07) is 16.7. The van der Waals surface area contributed by atoms with Crippen molar-refractivity contribution in [1.29, 1.82) is 0 Å². The average molecular weight is 429 g/mol. The molecule has 2 aromatic carbocycles. The van der Waals surface area contributed by atoms with Gasteiger partial charge in [0, 0.05) is 11.3 Å². The fourth-order valence-corrected chi connectivity index (χ4v) is 3.80. The third kappa shape index (κ3) is 3.75. The van der Waals surface area contributed by atoms with Gasteiger partial charge in [0.25, 0.3) is 5.56 Å². The van der Waals surface area contributed by atoms with E-state index in [9.17, 15) is 9.59 Å². The number of rotatable bonds is 7. The summed E-state index contributed by atoms with van der Waals surface area (Å²) in [5.41, 5.74) is 2.26. The molecule has 1 fully saturated rings. The maximum absolute atomic E-state index is 13.4. The van der Waals surface area contributed by atoms with Crippen molar-refractivity contribution in [2.75, 3.05) is 11.9 Å². The predicted octanol–water partition coefficient (Wildman–Crippen LogP) is 3.50. The van der Waals surface area contributed by atoms with Gasteiger partial charge in [-0.1, -0.05) is 30.3 Å². The lowest BCUT2D eigenvalue weighted by Gasteiger charge is -2.13. The van der Waals surface area contributed by atoms with Gasteiger partial charge in [0.2, 0.25) is 5.91 Å². The first-order valence-electron chi connectivity index (χ1n) is 10.7. The van der Waals surface area contributed by atoms with E-state index >= 15 is 0 Å². The molecule has 8 nitrogen and oxygen atoms in total. The van der Waals surface area contributed by atoms with Crippen LogP contribution in [0.25, 0.3) is 16.6 Å². The minimum absolute atomic E-state index is 0.199. The van der Waals surface area contributed by atoms with Crippen LogP contribution in [-0.4, -0.2) is 32.1 Å². The number of hydrogen-bond donors (Lipinski definition) is 1. The molecular weight excluding hydrogens is 406 g/mol. The summed E-state index contributed by atoms with van der Waals surface area (Å²) in [5, 5.41) is 12.6. The molecule has 0 bridgehead atoms. The number of nitrogens with one attached hydrogen (secondary N) is 1. The second-order valence-corrected chi connectivity index (χ2v) is 7.75. The monoisotopic (exact) mass is 429 g/mol. The molecule has 162 valence electrons. The van der Waals surface area contributed by atoms with Gasteiger partial charge < -0.3 is 10.1 Å². The Balaban J connectivity index is 1.52. The van der Waals surface area contributed by atoms with E-state index in [0.29, 0.717) is 29.5 Å². The zero-order chi connectivity index (χ0) is 22.1. The number of aromatic nitrogens is 4. The maximum atomic E-state index is 13.4. The fourth-order valence-electron chi connectivity index (χ4n) is 3.80. The Morgan fingerprint density at radius 2 is 1.88 bits per heavy atom. The highest BCUT2D eigenvalue weighted by Crippen LogP contribution is 2.41. The molecule has 0 aliphatic heterocycles. The molecule has 1 aliphatic rings. The van der Waals surface area contributed by atoms with Crippen molar-refractivity contribution < 1.29 is 9.53 Å². The lowest BCUT2D eigenvalue weighted by Crippen LogP contribution is -2.31. The molecule has 32 heavy (non-hydrogen) atoms. The molecule has 2 heterocycles. The number of ether oxygens (including phenoxy) is 1. The zero-order valence-electron chi connectivity index (χ0n) is 17.7. The van der Waals surface area contributed by atoms with Gasteiger partial charge in [-0.3, -0.25) is 9.59 Å². The Labute approximate surface area is 184 Å². The van der Waals surface area contributed by atoms with Crippen LogP contribution in [0.15, 0.2) is 65.6 Å². The van der Waals surface area contributed by atoms with Gasteiger partial charge in [0.05, 0.1) is 29.9 Å². The first kappa shape index (κ1) is 20.0. The van der Waals surface area contributed by atoms with Crippen LogP contribution in [-0.2, 0) is 11.3 Å². The molecule has 0 unspecified atom stereocenters. The highest BCUT2D eigenvalue weighted by molar-refractivity contribution is 5.92. The summed E-state index contributed by atoms with van der Waals surface area (Å²) in [6.45, 7) is 2.17. The van der Waals surface area contributed by atoms with Gasteiger partial charge in [0.15, 0.2) is 0 Å². The quantitative estimate of drug-likeness (QED) is 0.486. The van der Waals surface area contributed by atoms with E-state index in [0.717, 1.165) is 29.6 Å². The van der Waals surface area contributed by atoms with Crippen molar-refractivity contribution in [3.63, 3.8) is 0 Å². The summed E-state index contributed by atoms with van der Waals surface area (Å²) >= 11 is 0. The average Bonchev–Trinajstić information content (AvgIpc) is 3.55. The second-order valence-electron chi connectivity index (χ2n) is 7.75. The number of hydrogen-bond acceptors (Lipinski definition) is 5. The third-order valence-corrected chi connectivity index (χ3v) is 5.43. The highest BCUT2D eigenvalue weighted by atomic mass is 16.5. The van der Waals surface area contributed by atoms with E-state index in [2.05, 4.69) is 15.5 Å². The van der Waals surface area contributed by atoms with Crippen molar-refractivity contribution in [2.24, 2.45) is 0 Å². The summed E-state index contributed by atoms with van der Waals surface area (Å²) < 4.78 is 8.45. The van der Waals surface area contributed by atoms with Crippen LogP contribution in [0.3, 0.4) is 0 Å². The van der Waals surface area contributed by atoms with E-state index in [1.54, 1.807) is 23.0 Å². The molecule has 2 aromatic heterocycles. The van der Waals surface area contributed by atoms with E-state index < -0.39 is 0 Å². The Kier molecular flexibility index (Phi) is 5.18. The molecule has 0 saturated heterocycles. The van der Waals surface area contributed by atoms with Crippen molar-refractivity contribution in [3.8, 4) is 11.4 Å². The van der Waals surface area contributed by atoms with Gasteiger partial charge in [0.1, 0.15) is 17.8 Å². The van der Waals surface area contributed by atoms with Gasteiger partial charge in [-0.25, -0.2) is 9.36 Å². The Morgan fingerprint density at radius 3 is 2.62 bits per heavy atom. The van der Waals surface area contributed by atoms with E-state index in [4.69, 9.17) is 4.74 Å². The summed E-state index contributed by atoms with van der Waals surface area (Å²) in [4.78, 5) is 26.2. The Morgan fingerprint density at radius 1 is 1.12 bits per heavy atom. The van der Waals surface area contributed by atoms with Gasteiger partial charge >= 0.3 is 0 Å². The predicted molar refractivity (Wildman–Crippen MR) is 121 cm³/mol. The normalized spacial score (nSPS) is 13.3. The number of nitrogens with zero attached hydrogens (tertiary/aromatic N) is 4. The van der Waals surface area contributed by atoms with E-state index in [-0.39, 0.29) is 18.0 Å². The summed E-state index contributed by atoms with van der Waals surface area (Å²) in [5.74, 6) is 0.526. The molecule has 4 aromatic rings. The molecule has 1 amide bonds. The molecule has 5 rings (SSSR count). The molecule has 1 N–H and O–H groups in total. The third-order valence-electron chi connectivity index (χ3n) is 5.43. The highest BCUT2D eigenvalue weighted by Gasteiger charge is 2.30. The molecule has 0 atom stereocenters. The van der Waals surface area contributed by atoms with Crippen molar-refractivity contribution in [1.82, 2.24) is 19.6 Å². The summed E-state index contributed by atoms with van der Waals surface area (Å²) in [6.07, 6.45) is 3.74. The van der Waals surface area contributed by atoms with Gasteiger partial charge in [-0.2, -0.15) is 10.2 Å². The second kappa shape index (κ2) is 8.30. The van der Waals surface area contributed by atoms with Crippen LogP contribution >= 0.6 is 0 Å². The number of para-hydroxylation sites is 3. The van der Waals surface area contributed by atoms with Crippen molar-refractivity contribution in [3.05, 3.63) is 76.8 Å². The molecule has 0 radical (unpaired) electrons. The van der Waals surface area contributed by atoms with E-state index in [1.165, 1.54) is 4.68 Å². The molecule has 1 aliphatic carbocycles. The van der Waals surface area contributed by atoms with Crippen LogP contribution in [0.4, 0.5) is 5.69 Å². The number of amides is 1. The SMILES string of the molecule is CCOc1ccccc1NC(=O)Cn1nc(C2CC2)c2cnn(-c3ccccc3)c2c1=O. The smallest absolute Gasteiger partial charge is 0.293 e. The van der Waals surface area contributed by atoms with Crippen LogP contribution < -0.4 is 15.6 Å². The zero-order valence-corrected chi connectivity index (χ0v) is 17.7. The fraction of sp³-hybridized carbons (Fsp3) is 0.250. The van der Waals surface area contributed by atoms with Crippen LogP contribution in [0.1, 0.15) is 31.4 Å². The molecule has 0 spiro atoms. The van der Waals surface area contributed by atoms with Crippen molar-refractivity contribution >= 4 is 22.5 Å². The van der Waals surface area contributed by atoms with Crippen molar-refractivity contribution in [2.45, 2.75) is 32.2 Å². The van der Waals surface area contributed by atoms with Gasteiger partial charge in [-0.15, -0.1) is 0 Å². The Hall–Kier alpha value is -3.94. The number of fused-ring (bicyclic) bond motifs is 1. The number of anilines is 1. The Bertz CT molecular complexity index is 1340. The number of benzene rings is 2. The van der Waals surface area contributed by atoms with Crippen LogP contribution in [0, 0.1) is 0 Å². The lowest BCUT2D eigenvalue weighted by atomic mass is 10.2. The largest absolute Gasteiger partial charge is 0.492 e. The van der Waals surface area contributed by atoms with Crippen LogP contribution in [0.2, 0.25) is 0 Å². The molecule has 1 saturated carbocycles. The van der Waals surface area contributed by atoms with Crippen LogP contribution in [0.5, 0.6) is 5.75 Å². The maximum Gasteiger partial charge on any atom is 0.293 e. The van der Waals surface area contributed by atoms with Gasteiger partial charge in [-0.05, 0) is 44.0 Å². The topological polar surface area (TPSA) is 91.0 Å². The first-order valence-corrected chi connectivity index (χ1v) is 10.7. The minimum atomic E-state index is -0.348. The lowest BCUT2D eigenvalue weighted by molar-refractivity contribution is -0.117. The number of carbonyl (C=O) groups excluding carboxylic acids is 1. The standard InChI is InChI=1S/C24H23N5O3/c1-2-32-20-11-7-6-10-19(20)26-21(30)15-28-24(31)23-18(22(27-28)16-12-13-16)14-25-29(23)17-8-4-3-5-9-17/h3-11,14,16H,2,12-13,15H2,1H3,(H,26,30).